The Kier molecular flexibility index (Phi) is 7.39. The third-order valence-electron chi connectivity index (χ3n) is 4.57. The molecule has 26 heavy (non-hydrogen) atoms. The highest BCUT2D eigenvalue weighted by molar-refractivity contribution is 5.92. The van der Waals surface area contributed by atoms with Crippen molar-refractivity contribution in [2.45, 2.75) is 40.0 Å². The predicted molar refractivity (Wildman–Crippen MR) is 106 cm³/mol. The van der Waals surface area contributed by atoms with Crippen LogP contribution in [0.3, 0.4) is 0 Å². The van der Waals surface area contributed by atoms with E-state index in [4.69, 9.17) is 0 Å². The number of benzene rings is 2. The van der Waals surface area contributed by atoms with Gasteiger partial charge in [0.2, 0.25) is 11.8 Å². The molecule has 0 aliphatic rings. The lowest BCUT2D eigenvalue weighted by molar-refractivity contribution is -0.129. The van der Waals surface area contributed by atoms with Crippen molar-refractivity contribution in [1.82, 2.24) is 4.90 Å². The Morgan fingerprint density at radius 1 is 1.00 bits per heavy atom. The zero-order valence-electron chi connectivity index (χ0n) is 15.9. The normalized spacial score (nSPS) is 10.4. The lowest BCUT2D eigenvalue weighted by Crippen LogP contribution is -2.33. The van der Waals surface area contributed by atoms with E-state index in [1.807, 2.05) is 43.3 Å². The van der Waals surface area contributed by atoms with Crippen LogP contribution in [0.2, 0.25) is 0 Å². The molecule has 0 unspecified atom stereocenters. The molecular formula is C22H28N2O2. The number of nitrogens with one attached hydrogen (secondary N) is 1. The summed E-state index contributed by atoms with van der Waals surface area (Å²) in [6.07, 6.45) is 1.96. The smallest absolute Gasteiger partial charge is 0.226 e. The predicted octanol–water partition coefficient (Wildman–Crippen LogP) is 3.98. The molecule has 0 aromatic heterocycles. The highest BCUT2D eigenvalue weighted by atomic mass is 16.2. The molecule has 4 heteroatoms. The molecule has 2 amide bonds. The maximum absolute atomic E-state index is 12.4. The van der Waals surface area contributed by atoms with Crippen LogP contribution in [0.4, 0.5) is 5.69 Å². The summed E-state index contributed by atoms with van der Waals surface area (Å²) in [4.78, 5) is 26.0. The summed E-state index contributed by atoms with van der Waals surface area (Å²) in [6, 6.07) is 16.1. The van der Waals surface area contributed by atoms with E-state index in [9.17, 15) is 9.59 Å². The van der Waals surface area contributed by atoms with E-state index in [1.54, 1.807) is 11.8 Å². The fourth-order valence-corrected chi connectivity index (χ4v) is 2.98. The second-order valence-electron chi connectivity index (χ2n) is 6.50. The van der Waals surface area contributed by atoms with Gasteiger partial charge in [-0.3, -0.25) is 9.59 Å². The molecule has 0 aliphatic carbocycles. The summed E-state index contributed by atoms with van der Waals surface area (Å²) >= 11 is 0. The fraction of sp³-hybridized carbons (Fsp3) is 0.364. The molecule has 2 rings (SSSR count). The third kappa shape index (κ3) is 5.73. The molecule has 2 aromatic carbocycles. The van der Waals surface area contributed by atoms with Gasteiger partial charge in [0, 0.05) is 32.1 Å². The Bertz CT molecular complexity index is 741. The number of nitrogens with zero attached hydrogens (tertiary/aromatic N) is 1. The number of carbonyl (C=O) groups is 2. The Morgan fingerprint density at radius 2 is 1.73 bits per heavy atom. The van der Waals surface area contributed by atoms with Crippen molar-refractivity contribution in [2.75, 3.05) is 18.4 Å². The number of anilines is 1. The van der Waals surface area contributed by atoms with Gasteiger partial charge in [0.25, 0.3) is 0 Å². The number of amides is 2. The standard InChI is InChI=1S/C22H28N2O2/c1-4-20-12-8-9-17(2)22(20)23-21(26)14-16-24(18(3)25)15-13-19-10-6-5-7-11-19/h5-12H,4,13-16H2,1-3H3,(H,23,26). The molecule has 0 fully saturated rings. The van der Waals surface area contributed by atoms with Gasteiger partial charge in [0.1, 0.15) is 0 Å². The second kappa shape index (κ2) is 9.76. The van der Waals surface area contributed by atoms with Crippen LogP contribution in [0.15, 0.2) is 48.5 Å². The topological polar surface area (TPSA) is 49.4 Å². The average molecular weight is 352 g/mol. The van der Waals surface area contributed by atoms with Gasteiger partial charge in [-0.05, 0) is 36.5 Å². The summed E-state index contributed by atoms with van der Waals surface area (Å²) in [5.41, 5.74) is 4.28. The van der Waals surface area contributed by atoms with Gasteiger partial charge in [-0.1, -0.05) is 55.5 Å². The van der Waals surface area contributed by atoms with Crippen LogP contribution in [-0.4, -0.2) is 29.8 Å². The number of hydrogen-bond donors (Lipinski definition) is 1. The maximum Gasteiger partial charge on any atom is 0.226 e. The molecule has 2 aromatic rings. The van der Waals surface area contributed by atoms with Crippen molar-refractivity contribution in [2.24, 2.45) is 0 Å². The minimum absolute atomic E-state index is 0.00105. The van der Waals surface area contributed by atoms with Crippen molar-refractivity contribution in [3.05, 3.63) is 65.2 Å². The monoisotopic (exact) mass is 352 g/mol. The van der Waals surface area contributed by atoms with Crippen molar-refractivity contribution in [1.29, 1.82) is 0 Å². The first kappa shape index (κ1) is 19.7. The highest BCUT2D eigenvalue weighted by Gasteiger charge is 2.13. The van der Waals surface area contributed by atoms with Gasteiger partial charge >= 0.3 is 0 Å². The molecule has 0 spiro atoms. The quantitative estimate of drug-likeness (QED) is 0.781. The van der Waals surface area contributed by atoms with E-state index in [-0.39, 0.29) is 11.8 Å². The van der Waals surface area contributed by atoms with Gasteiger partial charge in [0.05, 0.1) is 0 Å². The number of aryl methyl sites for hydroxylation is 2. The molecule has 0 radical (unpaired) electrons. The van der Waals surface area contributed by atoms with Crippen molar-refractivity contribution >= 4 is 17.5 Å². The van der Waals surface area contributed by atoms with E-state index in [2.05, 4.69) is 24.4 Å². The van der Waals surface area contributed by atoms with Crippen LogP contribution in [0.5, 0.6) is 0 Å². The Morgan fingerprint density at radius 3 is 2.38 bits per heavy atom. The summed E-state index contributed by atoms with van der Waals surface area (Å²) in [6.45, 7) is 6.68. The van der Waals surface area contributed by atoms with Crippen LogP contribution in [0.1, 0.15) is 37.0 Å². The summed E-state index contributed by atoms with van der Waals surface area (Å²) in [5.74, 6) is -0.0566. The third-order valence-corrected chi connectivity index (χ3v) is 4.57. The van der Waals surface area contributed by atoms with E-state index in [0.717, 1.165) is 29.7 Å². The minimum Gasteiger partial charge on any atom is -0.342 e. The molecule has 0 aliphatic heterocycles. The van der Waals surface area contributed by atoms with Crippen LogP contribution in [-0.2, 0) is 22.4 Å². The molecule has 0 saturated heterocycles. The lowest BCUT2D eigenvalue weighted by Gasteiger charge is -2.21. The number of rotatable bonds is 8. The zero-order chi connectivity index (χ0) is 18.9. The van der Waals surface area contributed by atoms with Gasteiger partial charge in [-0.2, -0.15) is 0 Å². The summed E-state index contributed by atoms with van der Waals surface area (Å²) in [7, 11) is 0. The maximum atomic E-state index is 12.4. The molecular weight excluding hydrogens is 324 g/mol. The second-order valence-corrected chi connectivity index (χ2v) is 6.50. The highest BCUT2D eigenvalue weighted by Crippen LogP contribution is 2.21. The minimum atomic E-state index is -0.0556. The van der Waals surface area contributed by atoms with Crippen LogP contribution in [0.25, 0.3) is 0 Å². The van der Waals surface area contributed by atoms with Crippen LogP contribution in [0, 0.1) is 6.92 Å². The number of hydrogen-bond acceptors (Lipinski definition) is 2. The molecule has 0 atom stereocenters. The fourth-order valence-electron chi connectivity index (χ4n) is 2.98. The molecule has 1 N–H and O–H groups in total. The first-order chi connectivity index (χ1) is 12.5. The van der Waals surface area contributed by atoms with E-state index in [1.165, 1.54) is 5.56 Å². The molecule has 0 saturated carbocycles. The first-order valence-electron chi connectivity index (χ1n) is 9.19. The Labute approximate surface area is 156 Å². The Balaban J connectivity index is 1.90. The molecule has 0 heterocycles. The summed E-state index contributed by atoms with van der Waals surface area (Å²) in [5, 5.41) is 3.02. The van der Waals surface area contributed by atoms with E-state index >= 15 is 0 Å². The van der Waals surface area contributed by atoms with E-state index < -0.39 is 0 Å². The average Bonchev–Trinajstić information content (AvgIpc) is 2.64. The van der Waals surface area contributed by atoms with Crippen LogP contribution >= 0.6 is 0 Å². The summed E-state index contributed by atoms with van der Waals surface area (Å²) < 4.78 is 0. The Hall–Kier alpha value is -2.62. The first-order valence-corrected chi connectivity index (χ1v) is 9.19. The largest absolute Gasteiger partial charge is 0.342 e. The molecule has 0 bridgehead atoms. The molecule has 4 nitrogen and oxygen atoms in total. The van der Waals surface area contributed by atoms with E-state index in [0.29, 0.717) is 19.5 Å². The van der Waals surface area contributed by atoms with Crippen LogP contribution < -0.4 is 5.32 Å². The van der Waals surface area contributed by atoms with Gasteiger partial charge in [-0.25, -0.2) is 0 Å². The van der Waals surface area contributed by atoms with Gasteiger partial charge < -0.3 is 10.2 Å². The van der Waals surface area contributed by atoms with Gasteiger partial charge in [-0.15, -0.1) is 0 Å². The van der Waals surface area contributed by atoms with Crippen molar-refractivity contribution < 1.29 is 9.59 Å². The zero-order valence-corrected chi connectivity index (χ0v) is 15.9. The van der Waals surface area contributed by atoms with Crippen molar-refractivity contribution in [3.63, 3.8) is 0 Å². The SMILES string of the molecule is CCc1cccc(C)c1NC(=O)CCN(CCc1ccccc1)C(C)=O. The van der Waals surface area contributed by atoms with Crippen molar-refractivity contribution in [3.8, 4) is 0 Å². The lowest BCUT2D eigenvalue weighted by atomic mass is 10.1. The molecule has 138 valence electrons. The number of carbonyl (C=O) groups excluding carboxylic acids is 2. The number of para-hydroxylation sites is 1. The van der Waals surface area contributed by atoms with Gasteiger partial charge in [0.15, 0.2) is 0 Å².